The number of hydrogen-bond acceptors (Lipinski definition) is 18. The minimum Gasteiger partial charge on any atom is -0.481 e. The van der Waals surface area contributed by atoms with E-state index in [9.17, 15) is 81.8 Å². The van der Waals surface area contributed by atoms with Gasteiger partial charge in [-0.15, -0.1) is 0 Å². The number of amides is 15. The van der Waals surface area contributed by atoms with E-state index in [0.717, 1.165) is 4.90 Å². The number of guanidine groups is 1. The fraction of sp³-hybridized carbons (Fsp3) is 0.660. The fourth-order valence-corrected chi connectivity index (χ4v) is 8.96. The van der Waals surface area contributed by atoms with Crippen LogP contribution >= 0.6 is 0 Å². The van der Waals surface area contributed by atoms with Gasteiger partial charge in [-0.05, 0) is 77.0 Å². The molecule has 36 nitrogen and oxygen atoms in total. The summed E-state index contributed by atoms with van der Waals surface area (Å²) in [7, 11) is 0. The highest BCUT2D eigenvalue weighted by Crippen LogP contribution is 2.21. The van der Waals surface area contributed by atoms with Gasteiger partial charge in [0.15, 0.2) is 5.96 Å². The molecule has 86 heavy (non-hydrogen) atoms. The number of nitrogens with one attached hydrogen (secondary N) is 9. The van der Waals surface area contributed by atoms with Crippen molar-refractivity contribution in [2.45, 2.75) is 165 Å². The summed E-state index contributed by atoms with van der Waals surface area (Å²) < 4.78 is 0. The van der Waals surface area contributed by atoms with Gasteiger partial charge in [-0.25, -0.2) is 0 Å². The molecule has 36 heteroatoms. The van der Waals surface area contributed by atoms with Crippen molar-refractivity contribution in [1.82, 2.24) is 57.7 Å². The van der Waals surface area contributed by atoms with Gasteiger partial charge in [0.2, 0.25) is 88.6 Å². The lowest BCUT2D eigenvalue weighted by molar-refractivity contribution is -0.142. The normalized spacial score (nSPS) is 16.8. The van der Waals surface area contributed by atoms with Gasteiger partial charge in [-0.3, -0.25) is 81.7 Å². The lowest BCUT2D eigenvalue weighted by Crippen LogP contribution is -2.58. The van der Waals surface area contributed by atoms with Gasteiger partial charge >= 0.3 is 5.97 Å². The second-order valence-electron chi connectivity index (χ2n) is 20.9. The number of carbonyl (C=O) groups excluding carboxylic acids is 15. The van der Waals surface area contributed by atoms with Crippen molar-refractivity contribution in [1.29, 1.82) is 0 Å². The number of aliphatic imine (C=N–C) groups is 1. The molecule has 0 bridgehead atoms. The van der Waals surface area contributed by atoms with E-state index in [1.807, 2.05) is 0 Å². The zero-order valence-corrected chi connectivity index (χ0v) is 48.3. The topological polar surface area (TPSA) is 603 Å². The summed E-state index contributed by atoms with van der Waals surface area (Å²) in [5.41, 5.74) is 37.4. The molecule has 2 heterocycles. The van der Waals surface area contributed by atoms with E-state index >= 15 is 0 Å². The maximum atomic E-state index is 14.0. The van der Waals surface area contributed by atoms with Gasteiger partial charge in [0.1, 0.15) is 48.3 Å². The van der Waals surface area contributed by atoms with Crippen LogP contribution in [0.5, 0.6) is 0 Å². The van der Waals surface area contributed by atoms with E-state index in [4.69, 9.17) is 40.1 Å². The van der Waals surface area contributed by atoms with E-state index < -0.39 is 201 Å². The molecule has 0 unspecified atom stereocenters. The zero-order chi connectivity index (χ0) is 65.0. The summed E-state index contributed by atoms with van der Waals surface area (Å²) in [5, 5.41) is 30.8. The molecule has 0 aliphatic carbocycles. The maximum absolute atomic E-state index is 14.0. The number of rotatable bonds is 38. The van der Waals surface area contributed by atoms with Gasteiger partial charge in [0, 0.05) is 38.9 Å². The van der Waals surface area contributed by atoms with Crippen LogP contribution in [-0.4, -0.2) is 209 Å². The van der Waals surface area contributed by atoms with E-state index in [1.165, 1.54) is 11.8 Å². The van der Waals surface area contributed by atoms with Gasteiger partial charge in [-0.1, -0.05) is 13.8 Å². The molecule has 0 spiro atoms. The van der Waals surface area contributed by atoms with Gasteiger partial charge in [0.25, 0.3) is 0 Å². The van der Waals surface area contributed by atoms with Crippen LogP contribution in [0.2, 0.25) is 0 Å². The number of carbonyl (C=O) groups is 16. The summed E-state index contributed by atoms with van der Waals surface area (Å²) in [6, 6.07) is -12.1. The Balaban J connectivity index is 2.11. The number of primary amides is 4. The first-order chi connectivity index (χ1) is 40.3. The Hall–Kier alpha value is -9.25. The van der Waals surface area contributed by atoms with Crippen LogP contribution in [-0.2, 0) is 76.7 Å². The highest BCUT2D eigenvalue weighted by Gasteiger charge is 2.40. The predicted molar refractivity (Wildman–Crippen MR) is 300 cm³/mol. The standard InChI is InChI=1S/C50H83N19O17/c1-24(2)19-31(67-48(85)33-9-5-17-68(33)39(75)23-61-43(80)26(51)20-36(54)72)46(83)66-29(10-13-34(52)70)44(81)62-25(3)42(79)59-21-38(74)64-30(11-14-35(53)71)49(86)69-18-6-8-32(69)47(84)60-22-37(73)63-28(12-15-40(76)77)45(82)65-27(41(55)78)7-4-16-58-50(56)57/h24-33H,4-23,51H2,1-3H3,(H2,52,70)(H2,53,71)(H2,54,72)(H2,55,78)(H,59,79)(H,60,84)(H,61,80)(H,62,81)(H,63,73)(H,64,74)(H,65,82)(H,66,83)(H,67,85)(H,76,77)(H4,56,57,58)/t25-,26-,27-,28-,29-,30-,31-,32-,33-/m0/s1. The Kier molecular flexibility index (Phi) is 30.9. The minimum atomic E-state index is -1.52. The number of nitrogens with zero attached hydrogens (tertiary/aromatic N) is 3. The quantitative estimate of drug-likeness (QED) is 0.0155. The molecule has 2 aliphatic rings. The van der Waals surface area contributed by atoms with E-state index in [-0.39, 0.29) is 82.9 Å². The third-order valence-electron chi connectivity index (χ3n) is 13.4. The Bertz CT molecular complexity index is 2550. The summed E-state index contributed by atoms with van der Waals surface area (Å²) in [6.07, 6.45) is -1.92. The molecule has 0 aromatic heterocycles. The van der Waals surface area contributed by atoms with Crippen LogP contribution in [0.25, 0.3) is 0 Å². The Morgan fingerprint density at radius 2 is 1.02 bits per heavy atom. The van der Waals surface area contributed by atoms with Crippen molar-refractivity contribution in [3.8, 4) is 0 Å². The summed E-state index contributed by atoms with van der Waals surface area (Å²) >= 11 is 0. The second kappa shape index (κ2) is 36.5. The van der Waals surface area contributed by atoms with E-state index in [0.29, 0.717) is 6.42 Å². The van der Waals surface area contributed by atoms with Crippen molar-refractivity contribution in [3.05, 3.63) is 0 Å². The number of aliphatic carboxylic acids is 1. The predicted octanol–water partition coefficient (Wildman–Crippen LogP) is -9.57. The summed E-state index contributed by atoms with van der Waals surface area (Å²) in [4.78, 5) is 211. The minimum absolute atomic E-state index is 0.0132. The molecule has 2 saturated heterocycles. The monoisotopic (exact) mass is 1220 g/mol. The van der Waals surface area contributed by atoms with E-state index in [2.05, 4.69) is 52.8 Å². The first-order valence-electron chi connectivity index (χ1n) is 27.7. The highest BCUT2D eigenvalue weighted by atomic mass is 16.4. The Morgan fingerprint density at radius 3 is 1.58 bits per heavy atom. The molecule has 15 amide bonds. The molecule has 0 aromatic rings. The molecule has 2 aliphatic heterocycles. The zero-order valence-electron chi connectivity index (χ0n) is 48.3. The Labute approximate surface area is 494 Å². The van der Waals surface area contributed by atoms with Crippen LogP contribution in [0.1, 0.15) is 111 Å². The number of carboxylic acid groups (broad SMARTS) is 1. The third kappa shape index (κ3) is 26.5. The molecule has 9 atom stereocenters. The Morgan fingerprint density at radius 1 is 0.523 bits per heavy atom. The van der Waals surface area contributed by atoms with Crippen LogP contribution in [0.4, 0.5) is 0 Å². The van der Waals surface area contributed by atoms with Crippen molar-refractivity contribution in [2.24, 2.45) is 51.0 Å². The number of nitrogens with two attached hydrogens (primary N) is 7. The number of hydrogen-bond donors (Lipinski definition) is 17. The van der Waals surface area contributed by atoms with Crippen molar-refractivity contribution in [3.63, 3.8) is 0 Å². The highest BCUT2D eigenvalue weighted by molar-refractivity contribution is 5.99. The lowest BCUT2D eigenvalue weighted by Gasteiger charge is -2.29. The van der Waals surface area contributed by atoms with Crippen LogP contribution in [0.3, 0.4) is 0 Å². The third-order valence-corrected chi connectivity index (χ3v) is 13.4. The maximum Gasteiger partial charge on any atom is 0.303 e. The molecule has 2 fully saturated rings. The average molecular weight is 1220 g/mol. The number of carboxylic acids is 1. The molecule has 480 valence electrons. The van der Waals surface area contributed by atoms with Gasteiger partial charge in [0.05, 0.1) is 32.1 Å². The first-order valence-corrected chi connectivity index (χ1v) is 27.7. The molecule has 0 saturated carbocycles. The molecule has 2 rings (SSSR count). The second-order valence-corrected chi connectivity index (χ2v) is 20.9. The average Bonchev–Trinajstić information content (AvgIpc) is 3.06. The molecular formula is C50H83N19O17. The fourth-order valence-electron chi connectivity index (χ4n) is 8.96. The molecule has 0 aromatic carbocycles. The number of likely N-dealkylation sites (tertiary alicyclic amines) is 2. The van der Waals surface area contributed by atoms with Gasteiger partial charge in [-0.2, -0.15) is 0 Å². The van der Waals surface area contributed by atoms with Crippen molar-refractivity contribution >= 4 is 101 Å². The largest absolute Gasteiger partial charge is 0.481 e. The smallest absolute Gasteiger partial charge is 0.303 e. The molecular weight excluding hydrogens is 1140 g/mol. The van der Waals surface area contributed by atoms with Crippen molar-refractivity contribution in [2.75, 3.05) is 39.3 Å². The van der Waals surface area contributed by atoms with E-state index in [1.54, 1.807) is 13.8 Å². The van der Waals surface area contributed by atoms with Crippen molar-refractivity contribution < 1.29 is 81.8 Å². The molecule has 24 N–H and O–H groups in total. The first kappa shape index (κ1) is 72.9. The van der Waals surface area contributed by atoms with Gasteiger partial charge < -0.3 is 103 Å². The van der Waals surface area contributed by atoms with Crippen LogP contribution in [0, 0.1) is 5.92 Å². The van der Waals surface area contributed by atoms with Crippen LogP contribution in [0.15, 0.2) is 4.99 Å². The lowest BCUT2D eigenvalue weighted by atomic mass is 10.0. The molecule has 0 radical (unpaired) electrons. The summed E-state index contributed by atoms with van der Waals surface area (Å²) in [6.45, 7) is 2.76. The van der Waals surface area contributed by atoms with Crippen LogP contribution < -0.4 is 88.0 Å². The SMILES string of the molecule is CC(C)C[C@H](NC(=O)[C@@H]1CCCN1C(=O)CNC(=O)[C@@H](N)CC(N)=O)C(=O)N[C@@H](CCC(N)=O)C(=O)N[C@@H](C)C(=O)NCC(=O)N[C@@H](CCC(N)=O)C(=O)N1CCC[C@H]1C(=O)NCC(=O)N[C@@H](CCC(=O)O)C(=O)N[C@@H](CCCN=C(N)N)C(N)=O. The summed E-state index contributed by atoms with van der Waals surface area (Å²) in [5.74, 6) is -14.8.